The van der Waals surface area contributed by atoms with Gasteiger partial charge in [-0.1, -0.05) is 31.7 Å². The first kappa shape index (κ1) is 14.2. The molecule has 1 saturated carbocycles. The summed E-state index contributed by atoms with van der Waals surface area (Å²) in [6.45, 7) is 0. The van der Waals surface area contributed by atoms with Crippen LogP contribution in [0.15, 0.2) is 18.2 Å². The number of nitrogens with two attached hydrogens (primary N) is 1. The standard InChI is InChI=1S/C14H20FIN2/c15-11-7-8-12(13(16)9-11)14(18-17)10-5-3-1-2-4-6-10/h7-10,14,18H,1-6,17H2. The lowest BCUT2D eigenvalue weighted by atomic mass is 9.87. The first-order chi connectivity index (χ1) is 8.72. The van der Waals surface area contributed by atoms with E-state index in [-0.39, 0.29) is 11.9 Å². The van der Waals surface area contributed by atoms with Crippen LogP contribution in [0.5, 0.6) is 0 Å². The molecule has 3 N–H and O–H groups in total. The highest BCUT2D eigenvalue weighted by Gasteiger charge is 2.24. The van der Waals surface area contributed by atoms with Crippen LogP contribution in [-0.4, -0.2) is 0 Å². The SMILES string of the molecule is NNC(c1ccc(F)cc1I)C1CCCCCC1. The highest BCUT2D eigenvalue weighted by Crippen LogP contribution is 2.34. The zero-order valence-electron chi connectivity index (χ0n) is 10.5. The zero-order valence-corrected chi connectivity index (χ0v) is 12.6. The monoisotopic (exact) mass is 362 g/mol. The largest absolute Gasteiger partial charge is 0.271 e. The van der Waals surface area contributed by atoms with Crippen molar-refractivity contribution in [3.8, 4) is 0 Å². The van der Waals surface area contributed by atoms with Crippen LogP contribution in [-0.2, 0) is 0 Å². The summed E-state index contributed by atoms with van der Waals surface area (Å²) in [5, 5.41) is 0. The number of halogens is 2. The lowest BCUT2D eigenvalue weighted by Crippen LogP contribution is -2.34. The maximum absolute atomic E-state index is 13.2. The normalized spacial score (nSPS) is 19.5. The highest BCUT2D eigenvalue weighted by molar-refractivity contribution is 14.1. The molecule has 0 heterocycles. The predicted molar refractivity (Wildman–Crippen MR) is 80.4 cm³/mol. The molecular formula is C14H20FIN2. The molecule has 1 atom stereocenters. The lowest BCUT2D eigenvalue weighted by Gasteiger charge is -2.26. The van der Waals surface area contributed by atoms with Crippen LogP contribution in [0.2, 0.25) is 0 Å². The van der Waals surface area contributed by atoms with Crippen molar-refractivity contribution >= 4 is 22.6 Å². The molecule has 2 nitrogen and oxygen atoms in total. The molecule has 0 aromatic heterocycles. The Bertz CT molecular complexity index is 389. The van der Waals surface area contributed by atoms with Gasteiger partial charge in [0.05, 0.1) is 0 Å². The van der Waals surface area contributed by atoms with Crippen molar-refractivity contribution in [2.24, 2.45) is 11.8 Å². The highest BCUT2D eigenvalue weighted by atomic mass is 127. The number of rotatable bonds is 3. The molecule has 2 rings (SSSR count). The average molecular weight is 362 g/mol. The molecule has 0 spiro atoms. The summed E-state index contributed by atoms with van der Waals surface area (Å²) >= 11 is 2.19. The molecule has 1 fully saturated rings. The Hall–Kier alpha value is -0.200. The van der Waals surface area contributed by atoms with Crippen LogP contribution in [0, 0.1) is 15.3 Å². The van der Waals surface area contributed by atoms with Gasteiger partial charge in [-0.2, -0.15) is 0 Å². The Labute approximate surface area is 122 Å². The molecule has 0 radical (unpaired) electrons. The van der Waals surface area contributed by atoms with Crippen molar-refractivity contribution < 1.29 is 4.39 Å². The maximum atomic E-state index is 13.2. The first-order valence-corrected chi connectivity index (χ1v) is 7.71. The van der Waals surface area contributed by atoms with E-state index in [1.807, 2.05) is 6.07 Å². The van der Waals surface area contributed by atoms with Crippen LogP contribution in [0.25, 0.3) is 0 Å². The predicted octanol–water partition coefficient (Wildman–Crippen LogP) is 3.91. The van der Waals surface area contributed by atoms with Gasteiger partial charge in [0.15, 0.2) is 0 Å². The molecule has 1 aliphatic rings. The van der Waals surface area contributed by atoms with Crippen LogP contribution < -0.4 is 11.3 Å². The molecule has 0 saturated heterocycles. The van der Waals surface area contributed by atoms with Gasteiger partial charge in [0, 0.05) is 9.61 Å². The molecular weight excluding hydrogens is 342 g/mol. The fourth-order valence-corrected chi connectivity index (χ4v) is 3.69. The van der Waals surface area contributed by atoms with Gasteiger partial charge < -0.3 is 0 Å². The second kappa shape index (κ2) is 6.82. The molecule has 1 unspecified atom stereocenters. The van der Waals surface area contributed by atoms with Gasteiger partial charge in [-0.15, -0.1) is 0 Å². The quantitative estimate of drug-likeness (QED) is 0.370. The number of hydrogen-bond acceptors (Lipinski definition) is 2. The third-order valence-electron chi connectivity index (χ3n) is 3.85. The Kier molecular flexibility index (Phi) is 5.38. The maximum Gasteiger partial charge on any atom is 0.124 e. The number of benzene rings is 1. The van der Waals surface area contributed by atoms with E-state index in [0.717, 1.165) is 9.13 Å². The van der Waals surface area contributed by atoms with E-state index >= 15 is 0 Å². The van der Waals surface area contributed by atoms with Crippen molar-refractivity contribution in [1.29, 1.82) is 0 Å². The minimum absolute atomic E-state index is 0.149. The van der Waals surface area contributed by atoms with Crippen LogP contribution in [0.1, 0.15) is 50.1 Å². The number of hydrogen-bond donors (Lipinski definition) is 2. The fourth-order valence-electron chi connectivity index (χ4n) is 2.88. The summed E-state index contributed by atoms with van der Waals surface area (Å²) in [5.41, 5.74) is 4.08. The van der Waals surface area contributed by atoms with E-state index in [9.17, 15) is 4.39 Å². The number of nitrogens with one attached hydrogen (secondary N) is 1. The molecule has 18 heavy (non-hydrogen) atoms. The fraction of sp³-hybridized carbons (Fsp3) is 0.571. The van der Waals surface area contributed by atoms with Crippen molar-refractivity contribution in [3.05, 3.63) is 33.1 Å². The second-order valence-corrected chi connectivity index (χ2v) is 6.22. The second-order valence-electron chi connectivity index (χ2n) is 5.06. The summed E-state index contributed by atoms with van der Waals surface area (Å²) < 4.78 is 14.1. The summed E-state index contributed by atoms with van der Waals surface area (Å²) in [5.74, 6) is 6.13. The minimum atomic E-state index is -0.181. The van der Waals surface area contributed by atoms with Crippen molar-refractivity contribution in [3.63, 3.8) is 0 Å². The Morgan fingerprint density at radius 3 is 2.44 bits per heavy atom. The van der Waals surface area contributed by atoms with Crippen LogP contribution in [0.4, 0.5) is 4.39 Å². The van der Waals surface area contributed by atoms with Gasteiger partial charge in [-0.25, -0.2) is 4.39 Å². The van der Waals surface area contributed by atoms with Gasteiger partial charge in [-0.3, -0.25) is 11.3 Å². The average Bonchev–Trinajstić information content (AvgIpc) is 2.62. The van der Waals surface area contributed by atoms with E-state index in [1.165, 1.54) is 44.6 Å². The Morgan fingerprint density at radius 1 is 1.22 bits per heavy atom. The molecule has 1 aromatic rings. The summed E-state index contributed by atoms with van der Waals surface area (Å²) in [6.07, 6.45) is 7.63. The third-order valence-corrected chi connectivity index (χ3v) is 4.78. The van der Waals surface area contributed by atoms with E-state index in [4.69, 9.17) is 5.84 Å². The molecule has 4 heteroatoms. The third kappa shape index (κ3) is 3.42. The summed E-state index contributed by atoms with van der Waals surface area (Å²) in [4.78, 5) is 0. The van der Waals surface area contributed by atoms with E-state index in [2.05, 4.69) is 28.0 Å². The van der Waals surface area contributed by atoms with Crippen molar-refractivity contribution in [1.82, 2.24) is 5.43 Å². The van der Waals surface area contributed by atoms with Gasteiger partial charge in [0.25, 0.3) is 0 Å². The van der Waals surface area contributed by atoms with Gasteiger partial charge in [0.2, 0.25) is 0 Å². The van der Waals surface area contributed by atoms with E-state index in [0.29, 0.717) is 5.92 Å². The van der Waals surface area contributed by atoms with Crippen molar-refractivity contribution in [2.45, 2.75) is 44.6 Å². The summed E-state index contributed by atoms with van der Waals surface area (Å²) in [6, 6.07) is 5.12. The Balaban J connectivity index is 2.20. The first-order valence-electron chi connectivity index (χ1n) is 6.63. The zero-order chi connectivity index (χ0) is 13.0. The van der Waals surface area contributed by atoms with Crippen molar-refractivity contribution in [2.75, 3.05) is 0 Å². The van der Waals surface area contributed by atoms with E-state index in [1.54, 1.807) is 6.07 Å². The Morgan fingerprint density at radius 2 is 1.89 bits per heavy atom. The minimum Gasteiger partial charge on any atom is -0.271 e. The lowest BCUT2D eigenvalue weighted by molar-refractivity contribution is 0.328. The van der Waals surface area contributed by atoms with Gasteiger partial charge >= 0.3 is 0 Å². The molecule has 0 aliphatic heterocycles. The molecule has 100 valence electrons. The van der Waals surface area contributed by atoms with Crippen LogP contribution >= 0.6 is 22.6 Å². The summed E-state index contributed by atoms with van der Waals surface area (Å²) in [7, 11) is 0. The smallest absolute Gasteiger partial charge is 0.124 e. The van der Waals surface area contributed by atoms with E-state index < -0.39 is 0 Å². The molecule has 0 bridgehead atoms. The number of hydrazine groups is 1. The molecule has 0 amide bonds. The molecule has 1 aromatic carbocycles. The van der Waals surface area contributed by atoms with Gasteiger partial charge in [-0.05, 0) is 59.0 Å². The molecule has 1 aliphatic carbocycles. The topological polar surface area (TPSA) is 38.0 Å². The van der Waals surface area contributed by atoms with Crippen LogP contribution in [0.3, 0.4) is 0 Å². The van der Waals surface area contributed by atoms with Gasteiger partial charge in [0.1, 0.15) is 5.82 Å².